The monoisotopic (exact) mass is 370 g/mol. The molecular formula is C5H5F6IZn. The SMILES string of the molecule is FC(F)(F)C(C[CH2][Zn+])C(F)(F)F.[I-]. The summed E-state index contributed by atoms with van der Waals surface area (Å²) in [4.78, 5) is 0. The summed E-state index contributed by atoms with van der Waals surface area (Å²) >= 11 is 0.447. The van der Waals surface area contributed by atoms with Crippen LogP contribution in [0.25, 0.3) is 0 Å². The van der Waals surface area contributed by atoms with Gasteiger partial charge in [-0.1, -0.05) is 0 Å². The van der Waals surface area contributed by atoms with Gasteiger partial charge in [-0.25, -0.2) is 0 Å². The topological polar surface area (TPSA) is 0 Å². The Balaban J connectivity index is 0. The van der Waals surface area contributed by atoms with E-state index >= 15 is 0 Å². The number of alkyl halides is 6. The van der Waals surface area contributed by atoms with Crippen LogP contribution in [0.4, 0.5) is 26.3 Å². The van der Waals surface area contributed by atoms with Crippen LogP contribution in [0.5, 0.6) is 0 Å². The molecule has 8 heteroatoms. The van der Waals surface area contributed by atoms with Crippen molar-refractivity contribution in [3.8, 4) is 0 Å². The minimum atomic E-state index is -5.15. The van der Waals surface area contributed by atoms with Crippen molar-refractivity contribution in [2.24, 2.45) is 5.92 Å². The summed E-state index contributed by atoms with van der Waals surface area (Å²) in [5.74, 6) is -3.14. The molecule has 0 saturated carbocycles. The first-order valence-corrected chi connectivity index (χ1v) is 5.22. The summed E-state index contributed by atoms with van der Waals surface area (Å²) in [6.07, 6.45) is -11.1. The molecule has 0 unspecified atom stereocenters. The van der Waals surface area contributed by atoms with Gasteiger partial charge in [0.2, 0.25) is 0 Å². The third-order valence-corrected chi connectivity index (χ3v) is 2.14. The van der Waals surface area contributed by atoms with Crippen LogP contribution in [-0.4, -0.2) is 12.4 Å². The normalized spacial score (nSPS) is 13.0. The molecule has 0 aromatic rings. The maximum atomic E-state index is 11.7. The summed E-state index contributed by atoms with van der Waals surface area (Å²) in [5, 5.41) is -0.0102. The molecule has 0 saturated heterocycles. The fourth-order valence-electron chi connectivity index (χ4n) is 0.717. The molecule has 0 nitrogen and oxygen atoms in total. The van der Waals surface area contributed by atoms with E-state index in [0.717, 1.165) is 0 Å². The fourth-order valence-corrected chi connectivity index (χ4v) is 1.57. The molecular weight excluding hydrogens is 366 g/mol. The molecule has 0 aliphatic rings. The Kier molecular flexibility index (Phi) is 7.21. The van der Waals surface area contributed by atoms with Crippen LogP contribution in [0, 0.1) is 5.92 Å². The van der Waals surface area contributed by atoms with Crippen molar-refractivity contribution in [3.05, 3.63) is 0 Å². The average molecular weight is 371 g/mol. The zero-order valence-corrected chi connectivity index (χ0v) is 11.5. The van der Waals surface area contributed by atoms with Crippen molar-refractivity contribution in [1.29, 1.82) is 0 Å². The van der Waals surface area contributed by atoms with Gasteiger partial charge in [0.05, 0.1) is 0 Å². The van der Waals surface area contributed by atoms with Crippen LogP contribution in [-0.2, 0) is 18.3 Å². The second-order valence-electron chi connectivity index (χ2n) is 2.28. The van der Waals surface area contributed by atoms with Gasteiger partial charge in [0.1, 0.15) is 0 Å². The van der Waals surface area contributed by atoms with Gasteiger partial charge in [0.25, 0.3) is 0 Å². The predicted octanol–water partition coefficient (Wildman–Crippen LogP) is 0.0864. The molecule has 0 aliphatic heterocycles. The van der Waals surface area contributed by atoms with Crippen LogP contribution in [0.2, 0.25) is 5.02 Å². The maximum Gasteiger partial charge on any atom is -1.00 e. The quantitative estimate of drug-likeness (QED) is 0.367. The minimum absolute atomic E-state index is 0. The Bertz CT molecular complexity index is 127. The van der Waals surface area contributed by atoms with Crippen LogP contribution >= 0.6 is 0 Å². The standard InChI is InChI=1S/C5H5F6.HI.Zn/c1-2-3(4(6,7)8)5(9,10)11;;/h3H,1-2H2;1H;/q;;+1/p-1. The van der Waals surface area contributed by atoms with E-state index in [4.69, 9.17) is 0 Å². The Morgan fingerprint density at radius 1 is 0.923 bits per heavy atom. The van der Waals surface area contributed by atoms with Gasteiger partial charge in [-0.05, 0) is 0 Å². The van der Waals surface area contributed by atoms with Crippen molar-refractivity contribution in [2.45, 2.75) is 23.8 Å². The van der Waals surface area contributed by atoms with Crippen molar-refractivity contribution < 1.29 is 68.6 Å². The van der Waals surface area contributed by atoms with E-state index < -0.39 is 24.7 Å². The maximum absolute atomic E-state index is 11.7. The summed E-state index contributed by atoms with van der Waals surface area (Å²) in [6, 6.07) is 0. The predicted molar refractivity (Wildman–Crippen MR) is 25.0 cm³/mol. The number of rotatable bonds is 2. The molecule has 13 heavy (non-hydrogen) atoms. The van der Waals surface area contributed by atoms with E-state index in [2.05, 4.69) is 0 Å². The van der Waals surface area contributed by atoms with Gasteiger partial charge in [-0.2, -0.15) is 0 Å². The first-order valence-electron chi connectivity index (χ1n) is 3.12. The smallest absolute Gasteiger partial charge is 1.00 e. The third kappa shape index (κ3) is 6.09. The van der Waals surface area contributed by atoms with E-state index in [1.54, 1.807) is 0 Å². The molecule has 0 aromatic heterocycles. The molecule has 0 radical (unpaired) electrons. The molecule has 0 amide bonds. The molecule has 0 aliphatic carbocycles. The first kappa shape index (κ1) is 16.4. The molecule has 0 fully saturated rings. The van der Waals surface area contributed by atoms with Crippen molar-refractivity contribution in [3.63, 3.8) is 0 Å². The van der Waals surface area contributed by atoms with Gasteiger partial charge >= 0.3 is 74.4 Å². The van der Waals surface area contributed by atoms with Gasteiger partial charge in [0, 0.05) is 0 Å². The summed E-state index contributed by atoms with van der Waals surface area (Å²) < 4.78 is 70.2. The Labute approximate surface area is 98.1 Å². The average Bonchev–Trinajstić information content (AvgIpc) is 1.77. The number of hydrogen-bond acceptors (Lipinski definition) is 0. The van der Waals surface area contributed by atoms with E-state index in [1.165, 1.54) is 0 Å². The number of halogens is 7. The molecule has 0 aromatic carbocycles. The van der Waals surface area contributed by atoms with Gasteiger partial charge in [-0.15, -0.1) is 0 Å². The Morgan fingerprint density at radius 3 is 1.31 bits per heavy atom. The Morgan fingerprint density at radius 2 is 1.23 bits per heavy atom. The van der Waals surface area contributed by atoms with Crippen molar-refractivity contribution in [2.75, 3.05) is 0 Å². The molecule has 0 heterocycles. The first-order chi connectivity index (χ1) is 5.19. The molecule has 0 spiro atoms. The van der Waals surface area contributed by atoms with Crippen molar-refractivity contribution in [1.82, 2.24) is 0 Å². The largest absolute Gasteiger partial charge is 1.00 e. The van der Waals surface area contributed by atoms with Crippen molar-refractivity contribution >= 4 is 0 Å². The number of hydrogen-bond donors (Lipinski definition) is 0. The summed E-state index contributed by atoms with van der Waals surface area (Å²) in [6.45, 7) is 0. The zero-order chi connectivity index (χ0) is 9.99. The van der Waals surface area contributed by atoms with E-state index in [-0.39, 0.29) is 29.0 Å². The Hall–Kier alpha value is 0.933. The molecule has 0 N–H and O–H groups in total. The van der Waals surface area contributed by atoms with E-state index in [0.29, 0.717) is 18.3 Å². The van der Waals surface area contributed by atoms with Crippen LogP contribution in [0.3, 0.4) is 0 Å². The third-order valence-electron chi connectivity index (χ3n) is 1.28. The summed E-state index contributed by atoms with van der Waals surface area (Å²) in [5.41, 5.74) is 0. The molecule has 76 valence electrons. The fraction of sp³-hybridized carbons (Fsp3) is 1.00. The summed E-state index contributed by atoms with van der Waals surface area (Å²) in [7, 11) is 0. The zero-order valence-electron chi connectivity index (χ0n) is 6.34. The minimum Gasteiger partial charge on any atom is -1.00 e. The molecule has 0 rings (SSSR count). The van der Waals surface area contributed by atoms with Crippen LogP contribution in [0.15, 0.2) is 0 Å². The van der Waals surface area contributed by atoms with Gasteiger partial charge in [-0.3, -0.25) is 0 Å². The molecule has 0 atom stereocenters. The van der Waals surface area contributed by atoms with E-state index in [9.17, 15) is 26.3 Å². The van der Waals surface area contributed by atoms with Gasteiger partial charge < -0.3 is 24.0 Å². The second-order valence-corrected chi connectivity index (χ2v) is 3.76. The van der Waals surface area contributed by atoms with E-state index in [1.807, 2.05) is 0 Å². The second kappa shape index (κ2) is 5.73. The molecule has 0 bridgehead atoms. The van der Waals surface area contributed by atoms with Crippen LogP contribution < -0.4 is 24.0 Å². The van der Waals surface area contributed by atoms with Gasteiger partial charge in [0.15, 0.2) is 0 Å². The van der Waals surface area contributed by atoms with Crippen LogP contribution in [0.1, 0.15) is 6.42 Å².